The molecule has 0 unspecified atom stereocenters. The number of carbonyl (C=O) groups is 2. The van der Waals surface area contributed by atoms with Gasteiger partial charge in [-0.25, -0.2) is 4.79 Å². The number of ether oxygens (including phenoxy) is 1. The molecule has 4 heteroatoms. The molecule has 0 saturated carbocycles. The van der Waals surface area contributed by atoms with Crippen LogP contribution in [0.3, 0.4) is 0 Å². The van der Waals surface area contributed by atoms with Gasteiger partial charge in [0.15, 0.2) is 0 Å². The molecule has 2 atom stereocenters. The number of carbonyl (C=O) groups excluding carboxylic acids is 2. The average Bonchev–Trinajstić information content (AvgIpc) is 2.16. The van der Waals surface area contributed by atoms with E-state index in [2.05, 4.69) is 26.1 Å². The predicted molar refractivity (Wildman–Crippen MR) is 67.5 cm³/mol. The van der Waals surface area contributed by atoms with Crippen molar-refractivity contribution in [2.24, 2.45) is 11.3 Å². The Labute approximate surface area is 104 Å². The molecule has 0 aromatic heterocycles. The maximum Gasteiger partial charge on any atom is 0.328 e. The molecule has 0 saturated heterocycles. The van der Waals surface area contributed by atoms with E-state index in [-0.39, 0.29) is 23.2 Å². The SMILES string of the molecule is CCOC(=O)[C@@H](C)NC(=O)C[C@H](C)C(C)(C)C. The van der Waals surface area contributed by atoms with Gasteiger partial charge >= 0.3 is 5.97 Å². The molecule has 0 aromatic carbocycles. The highest BCUT2D eigenvalue weighted by molar-refractivity contribution is 5.84. The number of esters is 1. The van der Waals surface area contributed by atoms with Crippen molar-refractivity contribution in [3.8, 4) is 0 Å². The minimum Gasteiger partial charge on any atom is -0.464 e. The largest absolute Gasteiger partial charge is 0.464 e. The third kappa shape index (κ3) is 6.29. The Morgan fingerprint density at radius 3 is 2.18 bits per heavy atom. The van der Waals surface area contributed by atoms with Gasteiger partial charge in [0.25, 0.3) is 0 Å². The fraction of sp³-hybridized carbons (Fsp3) is 0.846. The molecule has 0 rings (SSSR count). The molecule has 0 aromatic rings. The zero-order valence-electron chi connectivity index (χ0n) is 11.8. The molecule has 0 aliphatic rings. The van der Waals surface area contributed by atoms with E-state index in [9.17, 15) is 9.59 Å². The summed E-state index contributed by atoms with van der Waals surface area (Å²) >= 11 is 0. The standard InChI is InChI=1S/C13H25NO3/c1-7-17-12(16)10(3)14-11(15)8-9(2)13(4,5)6/h9-10H,7-8H2,1-6H3,(H,14,15)/t9-,10+/m0/s1. The fourth-order valence-corrected chi connectivity index (χ4v) is 1.21. The molecule has 100 valence electrons. The molecule has 1 amide bonds. The fourth-order valence-electron chi connectivity index (χ4n) is 1.21. The second-order valence-electron chi connectivity index (χ2n) is 5.51. The van der Waals surface area contributed by atoms with Crippen molar-refractivity contribution in [2.75, 3.05) is 6.61 Å². The van der Waals surface area contributed by atoms with Crippen molar-refractivity contribution in [3.05, 3.63) is 0 Å². The number of rotatable bonds is 5. The average molecular weight is 243 g/mol. The first kappa shape index (κ1) is 15.9. The predicted octanol–water partition coefficient (Wildman–Crippen LogP) is 2.13. The number of hydrogen-bond donors (Lipinski definition) is 1. The Morgan fingerprint density at radius 1 is 1.24 bits per heavy atom. The summed E-state index contributed by atoms with van der Waals surface area (Å²) in [6.45, 7) is 12.0. The van der Waals surface area contributed by atoms with Gasteiger partial charge in [-0.1, -0.05) is 27.7 Å². The maximum atomic E-state index is 11.7. The summed E-state index contributed by atoms with van der Waals surface area (Å²) in [5, 5.41) is 2.65. The molecule has 0 aliphatic carbocycles. The van der Waals surface area contributed by atoms with E-state index in [1.165, 1.54) is 0 Å². The van der Waals surface area contributed by atoms with Crippen LogP contribution in [0.25, 0.3) is 0 Å². The molecule has 1 N–H and O–H groups in total. The third-order valence-corrected chi connectivity index (χ3v) is 2.99. The van der Waals surface area contributed by atoms with Gasteiger partial charge in [-0.2, -0.15) is 0 Å². The smallest absolute Gasteiger partial charge is 0.328 e. The van der Waals surface area contributed by atoms with E-state index in [0.717, 1.165) is 0 Å². The van der Waals surface area contributed by atoms with Crippen LogP contribution < -0.4 is 5.32 Å². The summed E-state index contributed by atoms with van der Waals surface area (Å²) in [4.78, 5) is 23.0. The van der Waals surface area contributed by atoms with Crippen LogP contribution in [0, 0.1) is 11.3 Å². The van der Waals surface area contributed by atoms with Crippen molar-refractivity contribution < 1.29 is 14.3 Å². The lowest BCUT2D eigenvalue weighted by Crippen LogP contribution is -2.40. The molecule has 0 aliphatic heterocycles. The van der Waals surface area contributed by atoms with Gasteiger partial charge in [0.05, 0.1) is 6.61 Å². The summed E-state index contributed by atoms with van der Waals surface area (Å²) in [6, 6.07) is -0.574. The monoisotopic (exact) mass is 243 g/mol. The van der Waals surface area contributed by atoms with Crippen LogP contribution in [0.2, 0.25) is 0 Å². The van der Waals surface area contributed by atoms with Crippen LogP contribution in [0.5, 0.6) is 0 Å². The Balaban J connectivity index is 4.15. The zero-order valence-corrected chi connectivity index (χ0v) is 11.8. The third-order valence-electron chi connectivity index (χ3n) is 2.99. The van der Waals surface area contributed by atoms with Crippen molar-refractivity contribution in [3.63, 3.8) is 0 Å². The lowest BCUT2D eigenvalue weighted by Gasteiger charge is -2.27. The van der Waals surface area contributed by atoms with Crippen LogP contribution in [-0.2, 0) is 14.3 Å². The summed E-state index contributed by atoms with van der Waals surface area (Å²) in [6.07, 6.45) is 0.424. The topological polar surface area (TPSA) is 55.4 Å². The van der Waals surface area contributed by atoms with E-state index in [0.29, 0.717) is 13.0 Å². The molecule has 0 fully saturated rings. The number of hydrogen-bond acceptors (Lipinski definition) is 3. The minimum absolute atomic E-state index is 0.0878. The van der Waals surface area contributed by atoms with E-state index >= 15 is 0 Å². The van der Waals surface area contributed by atoms with Gasteiger partial charge in [0.2, 0.25) is 5.91 Å². The molecular formula is C13H25NO3. The summed E-state index contributed by atoms with van der Waals surface area (Å²) in [7, 11) is 0. The van der Waals surface area contributed by atoms with E-state index in [1.807, 2.05) is 6.92 Å². The van der Waals surface area contributed by atoms with E-state index in [1.54, 1.807) is 13.8 Å². The van der Waals surface area contributed by atoms with Gasteiger partial charge in [-0.15, -0.1) is 0 Å². The van der Waals surface area contributed by atoms with Gasteiger partial charge in [-0.3, -0.25) is 4.79 Å². The van der Waals surface area contributed by atoms with Crippen LogP contribution >= 0.6 is 0 Å². The van der Waals surface area contributed by atoms with Gasteiger partial charge < -0.3 is 10.1 Å². The van der Waals surface area contributed by atoms with Crippen LogP contribution in [-0.4, -0.2) is 24.5 Å². The van der Waals surface area contributed by atoms with Crippen LogP contribution in [0.1, 0.15) is 48.0 Å². The number of nitrogens with one attached hydrogen (secondary N) is 1. The van der Waals surface area contributed by atoms with Gasteiger partial charge in [-0.05, 0) is 25.2 Å². The highest BCUT2D eigenvalue weighted by Crippen LogP contribution is 2.27. The highest BCUT2D eigenvalue weighted by Gasteiger charge is 2.24. The maximum absolute atomic E-state index is 11.7. The van der Waals surface area contributed by atoms with Crippen molar-refractivity contribution in [2.45, 2.75) is 54.0 Å². The Hall–Kier alpha value is -1.06. The normalized spacial score (nSPS) is 14.9. The first-order chi connectivity index (χ1) is 7.68. The molecule has 0 bridgehead atoms. The van der Waals surface area contributed by atoms with Crippen molar-refractivity contribution in [1.29, 1.82) is 0 Å². The number of amides is 1. The Morgan fingerprint density at radius 2 is 1.76 bits per heavy atom. The molecule has 0 radical (unpaired) electrons. The Bertz CT molecular complexity index is 268. The molecule has 0 spiro atoms. The van der Waals surface area contributed by atoms with Gasteiger partial charge in [0.1, 0.15) is 6.04 Å². The van der Waals surface area contributed by atoms with E-state index in [4.69, 9.17) is 4.74 Å². The molecule has 4 nitrogen and oxygen atoms in total. The molecule has 0 heterocycles. The molecule has 17 heavy (non-hydrogen) atoms. The second-order valence-corrected chi connectivity index (χ2v) is 5.51. The lowest BCUT2D eigenvalue weighted by molar-refractivity contribution is -0.147. The highest BCUT2D eigenvalue weighted by atomic mass is 16.5. The summed E-state index contributed by atoms with van der Waals surface area (Å²) in [5.74, 6) is -0.228. The quantitative estimate of drug-likeness (QED) is 0.753. The van der Waals surface area contributed by atoms with Crippen molar-refractivity contribution in [1.82, 2.24) is 5.32 Å². The van der Waals surface area contributed by atoms with Gasteiger partial charge in [0, 0.05) is 6.42 Å². The van der Waals surface area contributed by atoms with Crippen LogP contribution in [0.4, 0.5) is 0 Å². The van der Waals surface area contributed by atoms with Crippen LogP contribution in [0.15, 0.2) is 0 Å². The first-order valence-electron chi connectivity index (χ1n) is 6.14. The van der Waals surface area contributed by atoms with Crippen molar-refractivity contribution >= 4 is 11.9 Å². The van der Waals surface area contributed by atoms with E-state index < -0.39 is 6.04 Å². The minimum atomic E-state index is -0.574. The molecular weight excluding hydrogens is 218 g/mol. The second kappa shape index (κ2) is 6.62. The summed E-state index contributed by atoms with van der Waals surface area (Å²) < 4.78 is 4.82. The summed E-state index contributed by atoms with van der Waals surface area (Å²) in [5.41, 5.74) is 0.0878. The Kier molecular flexibility index (Phi) is 6.21. The first-order valence-corrected chi connectivity index (χ1v) is 6.14. The zero-order chi connectivity index (χ0) is 13.6. The lowest BCUT2D eigenvalue weighted by atomic mass is 9.80.